The molecule has 0 radical (unpaired) electrons. The minimum atomic E-state index is -2.66. The summed E-state index contributed by atoms with van der Waals surface area (Å²) in [5, 5.41) is 37.9. The van der Waals surface area contributed by atoms with Crippen LogP contribution >= 0.6 is 0 Å². The van der Waals surface area contributed by atoms with Crippen molar-refractivity contribution in [2.45, 2.75) is 63.0 Å². The molecule has 0 aliphatic heterocycles. The van der Waals surface area contributed by atoms with Gasteiger partial charge < -0.3 is 26.0 Å². The highest BCUT2D eigenvalue weighted by molar-refractivity contribution is 6.24. The summed E-state index contributed by atoms with van der Waals surface area (Å²) in [6.07, 6.45) is 6.42. The number of aliphatic hydroxyl groups is 3. The van der Waals surface area contributed by atoms with Crippen LogP contribution < -0.4 is 10.6 Å². The lowest BCUT2D eigenvalue weighted by Gasteiger charge is -2.50. The molecule has 0 saturated heterocycles. The Morgan fingerprint density at radius 1 is 1.15 bits per heavy atom. The largest absolute Gasteiger partial charge is 0.508 e. The van der Waals surface area contributed by atoms with Gasteiger partial charge in [-0.2, -0.15) is 0 Å². The maximum atomic E-state index is 14.1. The fourth-order valence-electron chi connectivity index (χ4n) is 7.70. The number of anilines is 1. The first-order chi connectivity index (χ1) is 19.3. The third-order valence-electron chi connectivity index (χ3n) is 9.65. The summed E-state index contributed by atoms with van der Waals surface area (Å²) >= 11 is 0. The van der Waals surface area contributed by atoms with Crippen molar-refractivity contribution in [1.82, 2.24) is 4.90 Å². The van der Waals surface area contributed by atoms with E-state index in [1.807, 2.05) is 25.1 Å². The smallest absolute Gasteiger partial charge is 0.255 e. The van der Waals surface area contributed by atoms with E-state index in [0.29, 0.717) is 23.5 Å². The number of primary amides is 1. The van der Waals surface area contributed by atoms with Crippen LogP contribution in [0.25, 0.3) is 5.76 Å². The molecule has 41 heavy (non-hydrogen) atoms. The van der Waals surface area contributed by atoms with Crippen molar-refractivity contribution in [2.24, 2.45) is 28.7 Å². The lowest BCUT2D eigenvalue weighted by molar-refractivity contribution is -0.153. The van der Waals surface area contributed by atoms with E-state index in [0.717, 1.165) is 24.9 Å². The molecule has 2 fully saturated rings. The van der Waals surface area contributed by atoms with Crippen molar-refractivity contribution in [2.75, 3.05) is 33.1 Å². The van der Waals surface area contributed by atoms with Gasteiger partial charge in [0.05, 0.1) is 11.6 Å². The molecular weight excluding hydrogens is 528 g/mol. The molecule has 5 rings (SSSR count). The van der Waals surface area contributed by atoms with Crippen molar-refractivity contribution in [3.63, 3.8) is 0 Å². The summed E-state index contributed by atoms with van der Waals surface area (Å²) in [5.74, 6) is -5.80. The fourth-order valence-corrected chi connectivity index (χ4v) is 7.70. The topological polar surface area (TPSA) is 174 Å². The van der Waals surface area contributed by atoms with Crippen molar-refractivity contribution < 1.29 is 29.7 Å². The average molecular weight is 567 g/mol. The Morgan fingerprint density at radius 2 is 1.80 bits per heavy atom. The Morgan fingerprint density at radius 3 is 2.37 bits per heavy atom. The summed E-state index contributed by atoms with van der Waals surface area (Å²) in [5.41, 5.74) is 4.09. The minimum absolute atomic E-state index is 0.0475. The van der Waals surface area contributed by atoms with Gasteiger partial charge in [0.15, 0.2) is 11.4 Å². The number of nitrogens with zero attached hydrogens (tertiary/aromatic N) is 3. The number of likely N-dealkylation sites (N-methyl/N-ethyl adjacent to an activating group) is 1. The normalized spacial score (nSPS) is 28.1. The monoisotopic (exact) mass is 566 g/mol. The standard InChI is InChI=1S/C30H38N4O7/c1-33(2)19-13-15(10-9-14-7-5-6-8-14)23(32-41)21-17(19)11-16-12-18-24(34(3)4)26(36)22(29(31)39)28(38)30(18,40)27(37)20(16)25(21)35/h13-14,16,18,24,35,38,40H,5-12H2,1-4H3,(H2,31,39)/t16-,18-,24-,30-/m0/s1. The van der Waals surface area contributed by atoms with Gasteiger partial charge in [-0.15, -0.1) is 4.91 Å². The van der Waals surface area contributed by atoms with Gasteiger partial charge in [0, 0.05) is 31.3 Å². The zero-order chi connectivity index (χ0) is 30.0. The number of hydrogen-bond acceptors (Lipinski definition) is 10. The van der Waals surface area contributed by atoms with Gasteiger partial charge in [0.2, 0.25) is 5.78 Å². The van der Waals surface area contributed by atoms with Crippen LogP contribution in [-0.4, -0.2) is 77.5 Å². The summed E-state index contributed by atoms with van der Waals surface area (Å²) in [7, 11) is 6.88. The summed E-state index contributed by atoms with van der Waals surface area (Å²) in [6.45, 7) is 0. The quantitative estimate of drug-likeness (QED) is 0.286. The molecule has 11 heteroatoms. The minimum Gasteiger partial charge on any atom is -0.508 e. The van der Waals surface area contributed by atoms with Crippen LogP contribution in [0.15, 0.2) is 28.1 Å². The van der Waals surface area contributed by atoms with E-state index in [2.05, 4.69) is 5.18 Å². The number of benzene rings is 1. The van der Waals surface area contributed by atoms with Crippen molar-refractivity contribution in [3.8, 4) is 0 Å². The Hall–Kier alpha value is -3.57. The molecule has 4 atom stereocenters. The average Bonchev–Trinajstić information content (AvgIpc) is 3.42. The van der Waals surface area contributed by atoms with Crippen LogP contribution in [-0.2, 0) is 27.2 Å². The molecule has 2 saturated carbocycles. The van der Waals surface area contributed by atoms with Crippen LogP contribution in [0.3, 0.4) is 0 Å². The van der Waals surface area contributed by atoms with Crippen molar-refractivity contribution in [1.29, 1.82) is 0 Å². The van der Waals surface area contributed by atoms with Gasteiger partial charge in [0.1, 0.15) is 22.8 Å². The molecule has 0 unspecified atom stereocenters. The Bertz CT molecular complexity index is 1410. The molecule has 11 nitrogen and oxygen atoms in total. The highest BCUT2D eigenvalue weighted by atomic mass is 16.3. The van der Waals surface area contributed by atoms with Gasteiger partial charge in [0.25, 0.3) is 5.91 Å². The SMILES string of the molecule is CN(C)c1cc(CCC2CCCC2)c(N=O)c2c1C[C@H]1C[C@H]3[C@H](N(C)C)C(=O)C(C(N)=O)=C(O)[C@@]3(O)C(=O)C1=C2O. The molecule has 4 aliphatic rings. The molecule has 0 aromatic heterocycles. The van der Waals surface area contributed by atoms with Gasteiger partial charge >= 0.3 is 0 Å². The first-order valence-corrected chi connectivity index (χ1v) is 14.2. The van der Waals surface area contributed by atoms with Gasteiger partial charge in [-0.3, -0.25) is 19.3 Å². The van der Waals surface area contributed by atoms with E-state index in [9.17, 15) is 34.6 Å². The maximum absolute atomic E-state index is 14.1. The summed E-state index contributed by atoms with van der Waals surface area (Å²) < 4.78 is 0. The second-order valence-electron chi connectivity index (χ2n) is 12.4. The second-order valence-corrected chi connectivity index (χ2v) is 12.4. The van der Waals surface area contributed by atoms with E-state index >= 15 is 0 Å². The molecule has 0 spiro atoms. The molecule has 1 aromatic rings. The van der Waals surface area contributed by atoms with E-state index < -0.39 is 58.0 Å². The molecule has 0 heterocycles. The third-order valence-corrected chi connectivity index (χ3v) is 9.65. The van der Waals surface area contributed by atoms with Gasteiger partial charge in [-0.25, -0.2) is 0 Å². The van der Waals surface area contributed by atoms with E-state index in [1.54, 1.807) is 14.1 Å². The zero-order valence-electron chi connectivity index (χ0n) is 23.9. The number of rotatable bonds is 7. The predicted octanol–water partition coefficient (Wildman–Crippen LogP) is 2.85. The Balaban J connectivity index is 1.70. The molecule has 1 aromatic carbocycles. The van der Waals surface area contributed by atoms with Gasteiger partial charge in [-0.1, -0.05) is 25.7 Å². The number of aryl methyl sites for hydroxylation is 1. The lowest BCUT2D eigenvalue weighted by Crippen LogP contribution is -2.65. The highest BCUT2D eigenvalue weighted by Gasteiger charge is 2.64. The summed E-state index contributed by atoms with van der Waals surface area (Å²) in [6, 6.07) is 0.815. The first kappa shape index (κ1) is 28.9. The molecular formula is C30H38N4O7. The number of amides is 1. The summed E-state index contributed by atoms with van der Waals surface area (Å²) in [4.78, 5) is 55.3. The maximum Gasteiger partial charge on any atom is 0.255 e. The number of nitroso groups, excluding NO2 is 1. The number of carbonyl (C=O) groups excluding carboxylic acids is 3. The number of hydrogen-bond donors (Lipinski definition) is 4. The Kier molecular flexibility index (Phi) is 7.31. The van der Waals surface area contributed by atoms with E-state index in [4.69, 9.17) is 5.73 Å². The molecule has 5 N–H and O–H groups in total. The third kappa shape index (κ3) is 4.28. The molecule has 4 aliphatic carbocycles. The van der Waals surface area contributed by atoms with Crippen LogP contribution in [0.4, 0.5) is 11.4 Å². The number of Topliss-reactive ketones (excluding diaryl/α,β-unsaturated/α-hetero) is 2. The van der Waals surface area contributed by atoms with E-state index in [-0.39, 0.29) is 29.7 Å². The van der Waals surface area contributed by atoms with Crippen LogP contribution in [0.5, 0.6) is 0 Å². The zero-order valence-corrected chi connectivity index (χ0v) is 23.9. The highest BCUT2D eigenvalue weighted by Crippen LogP contribution is 2.54. The molecule has 220 valence electrons. The van der Waals surface area contributed by atoms with Crippen LogP contribution in [0.1, 0.15) is 55.2 Å². The number of carbonyl (C=O) groups is 3. The lowest BCUT2D eigenvalue weighted by atomic mass is 9.57. The van der Waals surface area contributed by atoms with Gasteiger partial charge in [-0.05, 0) is 74.0 Å². The van der Waals surface area contributed by atoms with E-state index in [1.165, 1.54) is 17.7 Å². The Labute approximate surface area is 238 Å². The number of aliphatic hydroxyl groups excluding tert-OH is 2. The van der Waals surface area contributed by atoms with Crippen LogP contribution in [0.2, 0.25) is 0 Å². The fraction of sp³-hybridized carbons (Fsp3) is 0.567. The predicted molar refractivity (Wildman–Crippen MR) is 153 cm³/mol. The molecule has 0 bridgehead atoms. The van der Waals surface area contributed by atoms with Crippen molar-refractivity contribution >= 4 is 34.6 Å². The first-order valence-electron chi connectivity index (χ1n) is 14.2. The number of nitrogens with two attached hydrogens (primary N) is 1. The van der Waals surface area contributed by atoms with Crippen LogP contribution in [0, 0.1) is 22.7 Å². The molecule has 1 amide bonds. The number of ketones is 2. The van der Waals surface area contributed by atoms with Crippen molar-refractivity contribution in [3.05, 3.63) is 44.6 Å². The number of fused-ring (bicyclic) bond motifs is 3. The second kappa shape index (κ2) is 10.4.